The molecular formula is C17H16FN3OS. The fourth-order valence-corrected chi connectivity index (χ4v) is 3.03. The molecular weight excluding hydrogens is 313 g/mol. The lowest BCUT2D eigenvalue weighted by Crippen LogP contribution is -2.30. The predicted octanol–water partition coefficient (Wildman–Crippen LogP) is 3.94. The number of benzene rings is 1. The van der Waals surface area contributed by atoms with Gasteiger partial charge in [0.1, 0.15) is 5.82 Å². The van der Waals surface area contributed by atoms with Crippen LogP contribution in [0.1, 0.15) is 23.0 Å². The van der Waals surface area contributed by atoms with Gasteiger partial charge in [0.15, 0.2) is 5.69 Å². The Kier molecular flexibility index (Phi) is 4.52. The lowest BCUT2D eigenvalue weighted by atomic mass is 10.2. The molecule has 4 nitrogen and oxygen atoms in total. The molecule has 3 rings (SSSR count). The van der Waals surface area contributed by atoms with Gasteiger partial charge in [-0.2, -0.15) is 5.10 Å². The van der Waals surface area contributed by atoms with Crippen molar-refractivity contribution in [1.29, 1.82) is 0 Å². The summed E-state index contributed by atoms with van der Waals surface area (Å²) in [5, 5.41) is 8.98. The molecule has 1 amide bonds. The van der Waals surface area contributed by atoms with Gasteiger partial charge >= 0.3 is 0 Å². The lowest BCUT2D eigenvalue weighted by molar-refractivity contribution is 0.0746. The van der Waals surface area contributed by atoms with Crippen LogP contribution < -0.4 is 0 Å². The number of carbonyl (C=O) groups excluding carboxylic acids is 1. The van der Waals surface area contributed by atoms with Gasteiger partial charge in [-0.15, -0.1) is 11.3 Å². The maximum Gasteiger partial charge on any atom is 0.274 e. The molecule has 0 fully saturated rings. The second kappa shape index (κ2) is 6.75. The van der Waals surface area contributed by atoms with E-state index in [1.165, 1.54) is 12.1 Å². The molecule has 0 spiro atoms. The van der Waals surface area contributed by atoms with E-state index < -0.39 is 0 Å². The maximum atomic E-state index is 13.3. The third kappa shape index (κ3) is 3.48. The van der Waals surface area contributed by atoms with Gasteiger partial charge in [0, 0.05) is 13.1 Å². The van der Waals surface area contributed by atoms with E-state index in [0.29, 0.717) is 18.8 Å². The van der Waals surface area contributed by atoms with Gasteiger partial charge in [0.2, 0.25) is 0 Å². The van der Waals surface area contributed by atoms with Gasteiger partial charge in [0.05, 0.1) is 10.6 Å². The van der Waals surface area contributed by atoms with Gasteiger partial charge in [-0.3, -0.25) is 9.89 Å². The molecule has 1 N–H and O–H groups in total. The van der Waals surface area contributed by atoms with Crippen molar-refractivity contribution in [2.24, 2.45) is 0 Å². The maximum absolute atomic E-state index is 13.3. The Morgan fingerprint density at radius 3 is 2.87 bits per heavy atom. The largest absolute Gasteiger partial charge is 0.333 e. The third-order valence-electron chi connectivity index (χ3n) is 3.52. The van der Waals surface area contributed by atoms with E-state index in [9.17, 15) is 9.18 Å². The van der Waals surface area contributed by atoms with Gasteiger partial charge in [-0.25, -0.2) is 4.39 Å². The van der Waals surface area contributed by atoms with Crippen LogP contribution in [0.4, 0.5) is 4.39 Å². The number of aromatic nitrogens is 2. The van der Waals surface area contributed by atoms with Crippen molar-refractivity contribution >= 4 is 17.2 Å². The number of hydrogen-bond acceptors (Lipinski definition) is 3. The lowest BCUT2D eigenvalue weighted by Gasteiger charge is -2.19. The summed E-state index contributed by atoms with van der Waals surface area (Å²) < 4.78 is 13.3. The smallest absolute Gasteiger partial charge is 0.274 e. The molecule has 1 aromatic carbocycles. The molecule has 0 aliphatic rings. The molecule has 118 valence electrons. The summed E-state index contributed by atoms with van der Waals surface area (Å²) in [6, 6.07) is 12.0. The van der Waals surface area contributed by atoms with E-state index in [2.05, 4.69) is 10.2 Å². The van der Waals surface area contributed by atoms with Crippen molar-refractivity contribution in [2.45, 2.75) is 13.5 Å². The normalized spacial score (nSPS) is 10.7. The summed E-state index contributed by atoms with van der Waals surface area (Å²) in [5.74, 6) is -0.471. The molecule has 0 bridgehead atoms. The first kappa shape index (κ1) is 15.4. The van der Waals surface area contributed by atoms with Crippen molar-refractivity contribution < 1.29 is 9.18 Å². The molecule has 0 radical (unpaired) electrons. The Morgan fingerprint density at radius 2 is 2.17 bits per heavy atom. The summed E-state index contributed by atoms with van der Waals surface area (Å²) in [6.45, 7) is 2.77. The molecule has 6 heteroatoms. The molecule has 0 saturated heterocycles. The van der Waals surface area contributed by atoms with Crippen LogP contribution in [-0.4, -0.2) is 27.5 Å². The SMILES string of the molecule is CCN(Cc1cccc(F)c1)C(=O)c1cc(-c2cccs2)[nH]n1. The fraction of sp³-hybridized carbons (Fsp3) is 0.176. The average molecular weight is 329 g/mol. The number of thiophene rings is 1. The van der Waals surface area contributed by atoms with Crippen LogP contribution in [0.5, 0.6) is 0 Å². The van der Waals surface area contributed by atoms with E-state index in [1.807, 2.05) is 24.4 Å². The molecule has 0 atom stereocenters. The zero-order valence-electron chi connectivity index (χ0n) is 12.6. The van der Waals surface area contributed by atoms with Gasteiger partial charge in [-0.05, 0) is 42.1 Å². The molecule has 0 unspecified atom stereocenters. The number of rotatable bonds is 5. The third-order valence-corrected chi connectivity index (χ3v) is 4.42. The van der Waals surface area contributed by atoms with Crippen LogP contribution in [0.15, 0.2) is 47.8 Å². The highest BCUT2D eigenvalue weighted by Crippen LogP contribution is 2.23. The Bertz CT molecular complexity index is 798. The summed E-state index contributed by atoms with van der Waals surface area (Å²) in [7, 11) is 0. The summed E-state index contributed by atoms with van der Waals surface area (Å²) >= 11 is 1.58. The van der Waals surface area contributed by atoms with E-state index in [4.69, 9.17) is 0 Å². The minimum Gasteiger partial charge on any atom is -0.333 e. The number of nitrogens with zero attached hydrogens (tertiary/aromatic N) is 2. The van der Waals surface area contributed by atoms with Gasteiger partial charge in [-0.1, -0.05) is 18.2 Å². The van der Waals surface area contributed by atoms with Crippen molar-refractivity contribution in [3.63, 3.8) is 0 Å². The Hall–Kier alpha value is -2.47. The topological polar surface area (TPSA) is 49.0 Å². The van der Waals surface area contributed by atoms with E-state index in [1.54, 1.807) is 34.4 Å². The number of halogens is 1. The highest BCUT2D eigenvalue weighted by molar-refractivity contribution is 7.13. The Balaban J connectivity index is 1.77. The predicted molar refractivity (Wildman–Crippen MR) is 88.7 cm³/mol. The van der Waals surface area contributed by atoms with Crippen molar-refractivity contribution in [3.8, 4) is 10.6 Å². The van der Waals surface area contributed by atoms with Crippen molar-refractivity contribution in [3.05, 3.63) is 64.9 Å². The molecule has 0 saturated carbocycles. The minimum atomic E-state index is -0.300. The molecule has 3 aromatic rings. The van der Waals surface area contributed by atoms with Crippen molar-refractivity contribution in [1.82, 2.24) is 15.1 Å². The molecule has 0 aliphatic heterocycles. The van der Waals surface area contributed by atoms with Crippen LogP contribution >= 0.6 is 11.3 Å². The van der Waals surface area contributed by atoms with E-state index in [-0.39, 0.29) is 11.7 Å². The second-order valence-electron chi connectivity index (χ2n) is 5.09. The quantitative estimate of drug-likeness (QED) is 0.771. The number of H-pyrrole nitrogens is 1. The number of nitrogens with one attached hydrogen (secondary N) is 1. The first-order valence-electron chi connectivity index (χ1n) is 7.30. The van der Waals surface area contributed by atoms with Crippen LogP contribution in [-0.2, 0) is 6.54 Å². The zero-order chi connectivity index (χ0) is 16.2. The second-order valence-corrected chi connectivity index (χ2v) is 6.04. The number of carbonyl (C=O) groups is 1. The Labute approximate surface area is 137 Å². The van der Waals surface area contributed by atoms with Crippen LogP contribution in [0, 0.1) is 5.82 Å². The Morgan fingerprint density at radius 1 is 1.30 bits per heavy atom. The zero-order valence-corrected chi connectivity index (χ0v) is 13.4. The van der Waals surface area contributed by atoms with Crippen molar-refractivity contribution in [2.75, 3.05) is 6.54 Å². The highest BCUT2D eigenvalue weighted by atomic mass is 32.1. The molecule has 0 aliphatic carbocycles. The van der Waals surface area contributed by atoms with Crippen LogP contribution in [0.3, 0.4) is 0 Å². The monoisotopic (exact) mass is 329 g/mol. The fourth-order valence-electron chi connectivity index (χ4n) is 2.33. The van der Waals surface area contributed by atoms with Crippen LogP contribution in [0.25, 0.3) is 10.6 Å². The molecule has 23 heavy (non-hydrogen) atoms. The molecule has 2 aromatic heterocycles. The summed E-state index contributed by atoms with van der Waals surface area (Å²) in [5.41, 5.74) is 1.95. The number of amides is 1. The van der Waals surface area contributed by atoms with Crippen LogP contribution in [0.2, 0.25) is 0 Å². The van der Waals surface area contributed by atoms with Gasteiger partial charge < -0.3 is 4.90 Å². The summed E-state index contributed by atoms with van der Waals surface area (Å²) in [6.07, 6.45) is 0. The molecule has 2 heterocycles. The van der Waals surface area contributed by atoms with E-state index >= 15 is 0 Å². The summed E-state index contributed by atoms with van der Waals surface area (Å²) in [4.78, 5) is 15.3. The standard InChI is InChI=1S/C17H16FN3OS/c1-2-21(11-12-5-3-6-13(18)9-12)17(22)15-10-14(19-20-15)16-7-4-8-23-16/h3-10H,2,11H2,1H3,(H,19,20). The highest BCUT2D eigenvalue weighted by Gasteiger charge is 2.18. The average Bonchev–Trinajstić information content (AvgIpc) is 3.22. The first-order chi connectivity index (χ1) is 11.2. The van der Waals surface area contributed by atoms with E-state index in [0.717, 1.165) is 16.1 Å². The van der Waals surface area contributed by atoms with Gasteiger partial charge in [0.25, 0.3) is 5.91 Å². The number of aromatic amines is 1. The first-order valence-corrected chi connectivity index (χ1v) is 8.18. The minimum absolute atomic E-state index is 0.171. The number of hydrogen-bond donors (Lipinski definition) is 1.